The van der Waals surface area contributed by atoms with Crippen LogP contribution in [0.2, 0.25) is 0 Å². The van der Waals surface area contributed by atoms with Crippen molar-refractivity contribution in [1.82, 2.24) is 0 Å². The lowest BCUT2D eigenvalue weighted by atomic mass is 9.95. The van der Waals surface area contributed by atoms with Crippen molar-refractivity contribution >= 4 is 19.3 Å². The first-order valence-corrected chi connectivity index (χ1v) is 3.18. The highest BCUT2D eigenvalue weighted by Crippen LogP contribution is 1.97. The van der Waals surface area contributed by atoms with Crippen molar-refractivity contribution in [2.24, 2.45) is 0 Å². The molecule has 0 saturated carbocycles. The molecule has 70 valence electrons. The van der Waals surface area contributed by atoms with Gasteiger partial charge in [-0.2, -0.15) is 0 Å². The van der Waals surface area contributed by atoms with Crippen LogP contribution in [-0.4, -0.2) is 31.9 Å². The van der Waals surface area contributed by atoms with E-state index in [1.54, 1.807) is 24.3 Å². The highest BCUT2D eigenvalue weighted by molar-refractivity contribution is 6.32. The average molecular weight is 182 g/mol. The van der Waals surface area contributed by atoms with Gasteiger partial charge in [0, 0.05) is 0 Å². The van der Waals surface area contributed by atoms with E-state index in [1.807, 2.05) is 0 Å². The highest BCUT2D eigenvalue weighted by atomic mass is 16.5. The lowest BCUT2D eigenvalue weighted by Gasteiger charge is -1.98. The summed E-state index contributed by atoms with van der Waals surface area (Å²) < 4.78 is 4.50. The Morgan fingerprint density at radius 1 is 1.38 bits per heavy atom. The fourth-order valence-electron chi connectivity index (χ4n) is 0.783. The van der Waals surface area contributed by atoms with Gasteiger partial charge >= 0.3 is 5.97 Å². The predicted octanol–water partition coefficient (Wildman–Crippen LogP) is -1.38. The van der Waals surface area contributed by atoms with Crippen molar-refractivity contribution in [3.05, 3.63) is 29.8 Å². The van der Waals surface area contributed by atoms with E-state index in [-0.39, 0.29) is 16.9 Å². The SMILES string of the molecule is O.O.[B]c1cccc(C(=O)OC)c1. The van der Waals surface area contributed by atoms with E-state index in [2.05, 4.69) is 4.74 Å². The maximum atomic E-state index is 10.9. The Bertz CT molecular complexity index is 275. The van der Waals surface area contributed by atoms with E-state index >= 15 is 0 Å². The summed E-state index contributed by atoms with van der Waals surface area (Å²) in [5.74, 6) is -0.364. The molecule has 0 aromatic heterocycles. The number of hydrogen-bond donors (Lipinski definition) is 0. The van der Waals surface area contributed by atoms with Crippen LogP contribution in [0.3, 0.4) is 0 Å². The number of benzene rings is 1. The average Bonchev–Trinajstić information content (AvgIpc) is 2.03. The second-order valence-corrected chi connectivity index (χ2v) is 2.12. The van der Waals surface area contributed by atoms with Crippen LogP contribution in [0, 0.1) is 0 Å². The summed E-state index contributed by atoms with van der Waals surface area (Å²) in [5.41, 5.74) is 1.04. The molecular weight excluding hydrogens is 171 g/mol. The summed E-state index contributed by atoms with van der Waals surface area (Å²) in [7, 11) is 6.78. The summed E-state index contributed by atoms with van der Waals surface area (Å²) in [4.78, 5) is 10.9. The maximum absolute atomic E-state index is 10.9. The van der Waals surface area contributed by atoms with Crippen molar-refractivity contribution in [2.75, 3.05) is 7.11 Å². The van der Waals surface area contributed by atoms with E-state index in [4.69, 9.17) is 7.85 Å². The number of carbonyl (C=O) groups excluding carboxylic acids is 1. The van der Waals surface area contributed by atoms with Crippen molar-refractivity contribution < 1.29 is 20.5 Å². The zero-order valence-corrected chi connectivity index (χ0v) is 7.20. The third-order valence-electron chi connectivity index (χ3n) is 1.31. The Balaban J connectivity index is 0. The molecule has 0 saturated heterocycles. The Hall–Kier alpha value is -1.33. The lowest BCUT2D eigenvalue weighted by Crippen LogP contribution is -2.07. The Kier molecular flexibility index (Phi) is 6.80. The van der Waals surface area contributed by atoms with Crippen LogP contribution in [0.15, 0.2) is 24.3 Å². The van der Waals surface area contributed by atoms with Crippen molar-refractivity contribution in [3.8, 4) is 0 Å². The molecule has 1 aromatic rings. The van der Waals surface area contributed by atoms with Gasteiger partial charge in [0.05, 0.1) is 12.7 Å². The number of hydrogen-bond acceptors (Lipinski definition) is 2. The summed E-state index contributed by atoms with van der Waals surface area (Å²) in [6.45, 7) is 0. The predicted molar refractivity (Wildman–Crippen MR) is 50.4 cm³/mol. The van der Waals surface area contributed by atoms with Crippen LogP contribution in [0.25, 0.3) is 0 Å². The first-order valence-electron chi connectivity index (χ1n) is 3.18. The van der Waals surface area contributed by atoms with Crippen LogP contribution < -0.4 is 5.46 Å². The minimum Gasteiger partial charge on any atom is -0.465 e. The smallest absolute Gasteiger partial charge is 0.337 e. The number of carbonyl (C=O) groups is 1. The monoisotopic (exact) mass is 182 g/mol. The molecule has 0 amide bonds. The van der Waals surface area contributed by atoms with Gasteiger partial charge in [-0.3, -0.25) is 0 Å². The Morgan fingerprint density at radius 3 is 2.46 bits per heavy atom. The van der Waals surface area contributed by atoms with E-state index in [0.717, 1.165) is 0 Å². The standard InChI is InChI=1S/C8H7BO2.2H2O/c1-11-8(10)6-3-2-4-7(9)5-6;;/h2-5H,1H3;2*1H2. The molecule has 0 fully saturated rings. The molecule has 2 radical (unpaired) electrons. The first-order chi connectivity index (χ1) is 5.24. The quantitative estimate of drug-likeness (QED) is 0.395. The molecule has 5 heteroatoms. The maximum Gasteiger partial charge on any atom is 0.337 e. The van der Waals surface area contributed by atoms with E-state index in [0.29, 0.717) is 11.0 Å². The molecular formula is C8H11BO4. The molecule has 0 aliphatic carbocycles. The van der Waals surface area contributed by atoms with Crippen molar-refractivity contribution in [2.45, 2.75) is 0 Å². The van der Waals surface area contributed by atoms with E-state index in [1.165, 1.54) is 7.11 Å². The fraction of sp³-hybridized carbons (Fsp3) is 0.125. The Labute approximate surface area is 77.5 Å². The number of rotatable bonds is 1. The van der Waals surface area contributed by atoms with Crippen LogP contribution in [0.1, 0.15) is 10.4 Å². The summed E-state index contributed by atoms with van der Waals surface area (Å²) in [6, 6.07) is 6.65. The van der Waals surface area contributed by atoms with Gasteiger partial charge in [-0.25, -0.2) is 4.79 Å². The molecule has 4 N–H and O–H groups in total. The van der Waals surface area contributed by atoms with Gasteiger partial charge in [0.2, 0.25) is 0 Å². The first kappa shape index (κ1) is 14.2. The van der Waals surface area contributed by atoms with Crippen LogP contribution in [0.5, 0.6) is 0 Å². The van der Waals surface area contributed by atoms with Crippen molar-refractivity contribution in [3.63, 3.8) is 0 Å². The minimum atomic E-state index is -0.364. The zero-order valence-electron chi connectivity index (χ0n) is 7.20. The normalized spacial score (nSPS) is 7.77. The van der Waals surface area contributed by atoms with Crippen molar-refractivity contribution in [1.29, 1.82) is 0 Å². The zero-order chi connectivity index (χ0) is 8.27. The largest absolute Gasteiger partial charge is 0.465 e. The third kappa shape index (κ3) is 3.73. The number of esters is 1. The number of methoxy groups -OCH3 is 1. The molecule has 0 aliphatic rings. The second kappa shape index (κ2) is 6.22. The molecule has 0 unspecified atom stereocenters. The van der Waals surface area contributed by atoms with Gasteiger partial charge in [0.15, 0.2) is 0 Å². The Morgan fingerprint density at radius 2 is 2.00 bits per heavy atom. The molecule has 1 rings (SSSR count). The summed E-state index contributed by atoms with van der Waals surface area (Å²) in [5, 5.41) is 0. The van der Waals surface area contributed by atoms with Gasteiger partial charge in [0.25, 0.3) is 0 Å². The van der Waals surface area contributed by atoms with Gasteiger partial charge in [-0.05, 0) is 6.07 Å². The van der Waals surface area contributed by atoms with Gasteiger partial charge in [-0.15, -0.1) is 0 Å². The molecule has 0 spiro atoms. The molecule has 0 heterocycles. The van der Waals surface area contributed by atoms with Gasteiger partial charge in [-0.1, -0.05) is 23.7 Å². The highest BCUT2D eigenvalue weighted by Gasteiger charge is 2.02. The molecule has 1 aromatic carbocycles. The molecule has 0 aliphatic heterocycles. The number of ether oxygens (including phenoxy) is 1. The van der Waals surface area contributed by atoms with Gasteiger partial charge in [0.1, 0.15) is 7.85 Å². The van der Waals surface area contributed by atoms with E-state index in [9.17, 15) is 4.79 Å². The fourth-order valence-corrected chi connectivity index (χ4v) is 0.783. The van der Waals surface area contributed by atoms with Crippen LogP contribution >= 0.6 is 0 Å². The molecule has 4 nitrogen and oxygen atoms in total. The molecule has 0 bridgehead atoms. The minimum absolute atomic E-state index is 0. The van der Waals surface area contributed by atoms with Crippen LogP contribution in [-0.2, 0) is 4.74 Å². The van der Waals surface area contributed by atoms with Crippen LogP contribution in [0.4, 0.5) is 0 Å². The molecule has 13 heavy (non-hydrogen) atoms. The van der Waals surface area contributed by atoms with Gasteiger partial charge < -0.3 is 15.7 Å². The topological polar surface area (TPSA) is 89.3 Å². The summed E-state index contributed by atoms with van der Waals surface area (Å²) >= 11 is 0. The third-order valence-corrected chi connectivity index (χ3v) is 1.31. The summed E-state index contributed by atoms with van der Waals surface area (Å²) in [6.07, 6.45) is 0. The molecule has 0 atom stereocenters. The second-order valence-electron chi connectivity index (χ2n) is 2.12. The lowest BCUT2D eigenvalue weighted by molar-refractivity contribution is 0.0601. The van der Waals surface area contributed by atoms with E-state index < -0.39 is 0 Å².